The van der Waals surface area contributed by atoms with Gasteiger partial charge in [0.25, 0.3) is 5.91 Å². The first-order valence-corrected chi connectivity index (χ1v) is 10.5. The zero-order valence-electron chi connectivity index (χ0n) is 17.1. The van der Waals surface area contributed by atoms with Gasteiger partial charge in [0.05, 0.1) is 6.04 Å². The number of nitrogens with one attached hydrogen (secondary N) is 1. The SMILES string of the molecule is CC(C(N)=O)N(c1ccc(F)cc1)c1nc(N)c(C(=O)c2cc(C(=O)N[C@@H]3C[C@@H]3F)no2)s1. The number of nitrogen functional groups attached to an aromatic ring is 1. The van der Waals surface area contributed by atoms with Crippen LogP contribution in [0.5, 0.6) is 0 Å². The van der Waals surface area contributed by atoms with Crippen LogP contribution in [-0.2, 0) is 4.79 Å². The lowest BCUT2D eigenvalue weighted by Gasteiger charge is -2.26. The summed E-state index contributed by atoms with van der Waals surface area (Å²) in [6.07, 6.45) is -0.867. The highest BCUT2D eigenvalue weighted by Crippen LogP contribution is 2.36. The maximum absolute atomic E-state index is 13.4. The Hall–Kier alpha value is -3.87. The Balaban J connectivity index is 1.61. The van der Waals surface area contributed by atoms with E-state index in [2.05, 4.69) is 15.5 Å². The second-order valence-corrected chi connectivity index (χ2v) is 8.35. The van der Waals surface area contributed by atoms with Crippen LogP contribution in [0.2, 0.25) is 0 Å². The van der Waals surface area contributed by atoms with Crippen molar-refractivity contribution in [3.05, 3.63) is 52.5 Å². The number of ketones is 1. The minimum absolute atomic E-state index is 0.0251. The number of nitrogens with two attached hydrogens (primary N) is 2. The normalized spacial score (nSPS) is 17.9. The van der Waals surface area contributed by atoms with Gasteiger partial charge in [-0.2, -0.15) is 0 Å². The van der Waals surface area contributed by atoms with Gasteiger partial charge in [-0.05, 0) is 31.2 Å². The number of alkyl halides is 1. The summed E-state index contributed by atoms with van der Waals surface area (Å²) in [5.74, 6) is -2.94. The summed E-state index contributed by atoms with van der Waals surface area (Å²) in [6, 6.07) is 4.91. The number of thiazole rings is 1. The van der Waals surface area contributed by atoms with Gasteiger partial charge in [-0.3, -0.25) is 14.4 Å². The van der Waals surface area contributed by atoms with E-state index in [4.69, 9.17) is 16.0 Å². The fraction of sp³-hybridized carbons (Fsp3) is 0.250. The zero-order valence-corrected chi connectivity index (χ0v) is 17.9. The molecule has 2 aromatic heterocycles. The number of halogens is 2. The number of anilines is 3. The number of hydrogen-bond acceptors (Lipinski definition) is 9. The van der Waals surface area contributed by atoms with Crippen molar-refractivity contribution >= 4 is 45.6 Å². The molecule has 2 amide bonds. The van der Waals surface area contributed by atoms with Crippen LogP contribution in [0, 0.1) is 5.82 Å². The fourth-order valence-corrected chi connectivity index (χ4v) is 4.00. The average Bonchev–Trinajstić information content (AvgIpc) is 3.16. The summed E-state index contributed by atoms with van der Waals surface area (Å²) in [7, 11) is 0. The minimum atomic E-state index is -1.09. The number of primary amides is 1. The highest BCUT2D eigenvalue weighted by atomic mass is 32.1. The molecule has 1 aromatic carbocycles. The molecule has 10 nitrogen and oxygen atoms in total. The van der Waals surface area contributed by atoms with E-state index in [0.717, 1.165) is 17.4 Å². The van der Waals surface area contributed by atoms with Crippen molar-refractivity contribution in [1.29, 1.82) is 0 Å². The molecule has 13 heteroatoms. The molecule has 0 spiro atoms. The molecule has 0 saturated heterocycles. The molecule has 4 rings (SSSR count). The molecule has 5 N–H and O–H groups in total. The van der Waals surface area contributed by atoms with E-state index >= 15 is 0 Å². The predicted octanol–water partition coefficient (Wildman–Crippen LogP) is 1.94. The van der Waals surface area contributed by atoms with Crippen molar-refractivity contribution in [3.63, 3.8) is 0 Å². The third-order valence-electron chi connectivity index (χ3n) is 4.95. The Kier molecular flexibility index (Phi) is 5.80. The van der Waals surface area contributed by atoms with Gasteiger partial charge >= 0.3 is 0 Å². The van der Waals surface area contributed by atoms with E-state index in [-0.39, 0.29) is 33.7 Å². The summed E-state index contributed by atoms with van der Waals surface area (Å²) in [6.45, 7) is 1.52. The largest absolute Gasteiger partial charge is 0.382 e. The summed E-state index contributed by atoms with van der Waals surface area (Å²) >= 11 is 0.855. The van der Waals surface area contributed by atoms with E-state index in [1.54, 1.807) is 0 Å². The quantitative estimate of drug-likeness (QED) is 0.416. The van der Waals surface area contributed by atoms with Crippen molar-refractivity contribution in [2.24, 2.45) is 5.73 Å². The highest BCUT2D eigenvalue weighted by molar-refractivity contribution is 7.18. The third-order valence-corrected chi connectivity index (χ3v) is 6.02. The Morgan fingerprint density at radius 3 is 2.58 bits per heavy atom. The lowest BCUT2D eigenvalue weighted by Crippen LogP contribution is -2.39. The first-order chi connectivity index (χ1) is 15.7. The topological polar surface area (TPSA) is 157 Å². The maximum Gasteiger partial charge on any atom is 0.273 e. The number of benzene rings is 1. The van der Waals surface area contributed by atoms with Crippen LogP contribution in [0.3, 0.4) is 0 Å². The van der Waals surface area contributed by atoms with E-state index in [9.17, 15) is 23.2 Å². The van der Waals surface area contributed by atoms with Gasteiger partial charge in [-0.25, -0.2) is 13.8 Å². The van der Waals surface area contributed by atoms with Crippen LogP contribution in [0.15, 0.2) is 34.9 Å². The molecule has 1 aliphatic carbocycles. The van der Waals surface area contributed by atoms with Gasteiger partial charge < -0.3 is 26.2 Å². The molecular weight excluding hydrogens is 458 g/mol. The number of carbonyl (C=O) groups is 3. The van der Waals surface area contributed by atoms with Gasteiger partial charge in [0.15, 0.2) is 10.8 Å². The number of carbonyl (C=O) groups excluding carboxylic acids is 3. The monoisotopic (exact) mass is 476 g/mol. The third kappa shape index (κ3) is 4.53. The molecule has 0 aliphatic heterocycles. The first kappa shape index (κ1) is 22.3. The van der Waals surface area contributed by atoms with E-state index in [1.165, 1.54) is 36.1 Å². The fourth-order valence-electron chi connectivity index (χ4n) is 2.97. The van der Waals surface area contributed by atoms with Crippen LogP contribution in [0.4, 0.5) is 25.4 Å². The van der Waals surface area contributed by atoms with Crippen LogP contribution in [-0.4, -0.2) is 46.0 Å². The van der Waals surface area contributed by atoms with Crippen LogP contribution in [0.25, 0.3) is 0 Å². The molecular formula is C20H18F2N6O4S. The van der Waals surface area contributed by atoms with Crippen molar-refractivity contribution in [2.45, 2.75) is 31.6 Å². The standard InChI is InChI=1S/C20H18F2N6O4S/c1-8(18(24)30)28(10-4-2-9(21)3-5-10)20-26-17(23)16(33-20)15(29)14-7-13(27-32-14)19(31)25-12-6-11(12)22/h2-5,7-8,11-12H,6,23H2,1H3,(H2,24,30)(H,25,31)/t8?,11-,12+/m0/s1. The molecule has 1 aliphatic rings. The molecule has 0 radical (unpaired) electrons. The smallest absolute Gasteiger partial charge is 0.273 e. The Morgan fingerprint density at radius 2 is 1.97 bits per heavy atom. The lowest BCUT2D eigenvalue weighted by molar-refractivity contribution is -0.118. The molecule has 172 valence electrons. The molecule has 3 aromatic rings. The summed E-state index contributed by atoms with van der Waals surface area (Å²) in [5, 5.41) is 6.14. The second-order valence-electron chi connectivity index (χ2n) is 7.37. The maximum atomic E-state index is 13.4. The van der Waals surface area contributed by atoms with Crippen LogP contribution < -0.4 is 21.7 Å². The van der Waals surface area contributed by atoms with Gasteiger partial charge in [0.2, 0.25) is 17.5 Å². The number of aromatic nitrogens is 2. The van der Waals surface area contributed by atoms with Crippen molar-refractivity contribution in [2.75, 3.05) is 10.6 Å². The Labute approximate surface area is 189 Å². The zero-order chi connectivity index (χ0) is 23.9. The molecule has 1 fully saturated rings. The van der Waals surface area contributed by atoms with E-state index < -0.39 is 41.7 Å². The average molecular weight is 476 g/mol. The predicted molar refractivity (Wildman–Crippen MR) is 114 cm³/mol. The Morgan fingerprint density at radius 1 is 1.30 bits per heavy atom. The van der Waals surface area contributed by atoms with Crippen molar-refractivity contribution in [1.82, 2.24) is 15.5 Å². The van der Waals surface area contributed by atoms with Gasteiger partial charge in [-0.1, -0.05) is 16.5 Å². The second kappa shape index (κ2) is 8.58. The van der Waals surface area contributed by atoms with E-state index in [0.29, 0.717) is 5.69 Å². The van der Waals surface area contributed by atoms with Crippen LogP contribution >= 0.6 is 11.3 Å². The van der Waals surface area contributed by atoms with E-state index in [1.807, 2.05) is 0 Å². The number of amides is 2. The molecule has 1 saturated carbocycles. The molecule has 2 heterocycles. The first-order valence-electron chi connectivity index (χ1n) is 9.72. The molecule has 1 unspecified atom stereocenters. The molecule has 33 heavy (non-hydrogen) atoms. The number of hydrogen-bond donors (Lipinski definition) is 3. The van der Waals surface area contributed by atoms with Gasteiger partial charge in [0.1, 0.15) is 28.7 Å². The minimum Gasteiger partial charge on any atom is -0.382 e. The molecule has 0 bridgehead atoms. The molecule has 3 atom stereocenters. The summed E-state index contributed by atoms with van der Waals surface area (Å²) in [5.41, 5.74) is 11.6. The van der Waals surface area contributed by atoms with Gasteiger partial charge in [-0.15, -0.1) is 0 Å². The number of rotatable bonds is 8. The summed E-state index contributed by atoms with van der Waals surface area (Å²) in [4.78, 5) is 42.4. The van der Waals surface area contributed by atoms with Crippen molar-refractivity contribution < 1.29 is 27.7 Å². The number of nitrogens with zero attached hydrogens (tertiary/aromatic N) is 3. The highest BCUT2D eigenvalue weighted by Gasteiger charge is 2.39. The Bertz CT molecular complexity index is 1230. The lowest BCUT2D eigenvalue weighted by atomic mass is 10.2. The van der Waals surface area contributed by atoms with Gasteiger partial charge in [0, 0.05) is 18.2 Å². The summed E-state index contributed by atoms with van der Waals surface area (Å²) < 4.78 is 31.3. The van der Waals surface area contributed by atoms with Crippen molar-refractivity contribution in [3.8, 4) is 0 Å². The van der Waals surface area contributed by atoms with Crippen LogP contribution in [0.1, 0.15) is 39.3 Å².